The van der Waals surface area contributed by atoms with Crippen LogP contribution in [0.2, 0.25) is 0 Å². The summed E-state index contributed by atoms with van der Waals surface area (Å²) in [5.74, 6) is -0.441. The van der Waals surface area contributed by atoms with Crippen molar-refractivity contribution in [2.45, 2.75) is 90.2 Å². The molecule has 1 aromatic rings. The third-order valence-electron chi connectivity index (χ3n) is 7.75. The van der Waals surface area contributed by atoms with E-state index in [9.17, 15) is 19.5 Å². The standard InChI is InChI=1S/C27H40N2O6S/c1-17-5-7-18(8-6-17)24(30)29(21-15-22(27(2,3)4)36-23(21)25(31)32)19-9-12-28(13-10-19)26(33)35-20-11-14-34-16-20/h15,17-20H,5-14,16H2,1-4H3,(H,31,32)/t17?,18?,20-/m1/s1. The number of carboxylic acids is 1. The lowest BCUT2D eigenvalue weighted by Crippen LogP contribution is -2.51. The van der Waals surface area contributed by atoms with Gasteiger partial charge in [-0.25, -0.2) is 9.59 Å². The molecule has 1 aliphatic carbocycles. The molecule has 8 nitrogen and oxygen atoms in total. The minimum Gasteiger partial charge on any atom is -0.477 e. The molecule has 3 aliphatic rings. The maximum absolute atomic E-state index is 14.0. The Morgan fingerprint density at radius 1 is 1.08 bits per heavy atom. The largest absolute Gasteiger partial charge is 0.477 e. The van der Waals surface area contributed by atoms with Gasteiger partial charge in [-0.05, 0) is 55.9 Å². The number of piperidine rings is 1. The van der Waals surface area contributed by atoms with E-state index in [0.29, 0.717) is 50.8 Å². The van der Waals surface area contributed by atoms with Gasteiger partial charge in [0, 0.05) is 36.3 Å². The summed E-state index contributed by atoms with van der Waals surface area (Å²) >= 11 is 1.26. The number of ether oxygens (including phenoxy) is 2. The van der Waals surface area contributed by atoms with Gasteiger partial charge in [-0.3, -0.25) is 4.79 Å². The van der Waals surface area contributed by atoms with E-state index in [1.807, 2.05) is 6.07 Å². The van der Waals surface area contributed by atoms with E-state index in [2.05, 4.69) is 27.7 Å². The lowest BCUT2D eigenvalue weighted by atomic mass is 9.82. The van der Waals surface area contributed by atoms with E-state index >= 15 is 0 Å². The Hall–Kier alpha value is -2.13. The highest BCUT2D eigenvalue weighted by molar-refractivity contribution is 7.14. The van der Waals surface area contributed by atoms with Gasteiger partial charge in [-0.2, -0.15) is 0 Å². The molecule has 0 radical (unpaired) electrons. The number of carbonyl (C=O) groups is 3. The predicted octanol–water partition coefficient (Wildman–Crippen LogP) is 5.29. The molecule has 0 aromatic carbocycles. The lowest BCUT2D eigenvalue weighted by Gasteiger charge is -2.40. The number of nitrogens with zero attached hydrogens (tertiary/aromatic N) is 2. The Bertz CT molecular complexity index is 948. The van der Waals surface area contributed by atoms with Crippen LogP contribution in [0.25, 0.3) is 0 Å². The molecule has 1 atom stereocenters. The fourth-order valence-electron chi connectivity index (χ4n) is 5.41. The summed E-state index contributed by atoms with van der Waals surface area (Å²) in [4.78, 5) is 43.6. The molecular weight excluding hydrogens is 480 g/mol. The molecule has 0 unspecified atom stereocenters. The van der Waals surface area contributed by atoms with E-state index in [0.717, 1.165) is 37.0 Å². The summed E-state index contributed by atoms with van der Waals surface area (Å²) in [5.41, 5.74) is 0.296. The van der Waals surface area contributed by atoms with Gasteiger partial charge in [0.1, 0.15) is 11.0 Å². The van der Waals surface area contributed by atoms with Gasteiger partial charge < -0.3 is 24.4 Å². The molecule has 0 spiro atoms. The third kappa shape index (κ3) is 6.05. The molecule has 3 heterocycles. The van der Waals surface area contributed by atoms with Gasteiger partial charge in [0.05, 0.1) is 18.9 Å². The van der Waals surface area contributed by atoms with Crippen molar-refractivity contribution < 1.29 is 29.0 Å². The highest BCUT2D eigenvalue weighted by atomic mass is 32.1. The minimum atomic E-state index is -1.000. The SMILES string of the molecule is CC1CCC(C(=O)N(c2cc(C(C)(C)C)sc2C(=O)O)C2CCN(C(=O)O[C@@H]3CCOC3)CC2)CC1. The molecule has 2 saturated heterocycles. The number of thiophene rings is 1. The fourth-order valence-corrected chi connectivity index (χ4v) is 6.46. The van der Waals surface area contributed by atoms with Crippen LogP contribution in [0.1, 0.15) is 87.2 Å². The summed E-state index contributed by atoms with van der Waals surface area (Å²) < 4.78 is 10.9. The number of rotatable bonds is 5. The summed E-state index contributed by atoms with van der Waals surface area (Å²) in [5, 5.41) is 10.1. The Kier molecular flexibility index (Phi) is 8.29. The van der Waals surface area contributed by atoms with Gasteiger partial charge in [0.2, 0.25) is 5.91 Å². The number of anilines is 1. The maximum atomic E-state index is 14.0. The van der Waals surface area contributed by atoms with Crippen molar-refractivity contribution in [1.82, 2.24) is 4.90 Å². The van der Waals surface area contributed by atoms with Crippen molar-refractivity contribution in [2.24, 2.45) is 11.8 Å². The number of amides is 2. The number of hydrogen-bond acceptors (Lipinski definition) is 6. The first kappa shape index (κ1) is 26.9. The van der Waals surface area contributed by atoms with Gasteiger partial charge in [0.25, 0.3) is 0 Å². The van der Waals surface area contributed by atoms with Crippen LogP contribution in [0.15, 0.2) is 6.07 Å². The van der Waals surface area contributed by atoms with E-state index < -0.39 is 5.97 Å². The first-order valence-electron chi connectivity index (χ1n) is 13.3. The molecule has 36 heavy (non-hydrogen) atoms. The zero-order valence-corrected chi connectivity index (χ0v) is 22.8. The minimum absolute atomic E-state index is 0.0341. The monoisotopic (exact) mass is 520 g/mol. The van der Waals surface area contributed by atoms with Crippen LogP contribution in [0.4, 0.5) is 10.5 Å². The van der Waals surface area contributed by atoms with E-state index in [1.165, 1.54) is 11.3 Å². The quantitative estimate of drug-likeness (QED) is 0.567. The number of aromatic carboxylic acids is 1. The highest BCUT2D eigenvalue weighted by Gasteiger charge is 2.39. The molecule has 0 bridgehead atoms. The Morgan fingerprint density at radius 3 is 2.31 bits per heavy atom. The maximum Gasteiger partial charge on any atom is 0.410 e. The van der Waals surface area contributed by atoms with Crippen LogP contribution < -0.4 is 4.90 Å². The topological polar surface area (TPSA) is 96.4 Å². The highest BCUT2D eigenvalue weighted by Crippen LogP contribution is 2.41. The predicted molar refractivity (Wildman–Crippen MR) is 139 cm³/mol. The second-order valence-electron chi connectivity index (χ2n) is 11.6. The summed E-state index contributed by atoms with van der Waals surface area (Å²) in [6.07, 6.45) is 5.08. The zero-order chi connectivity index (χ0) is 26.0. The molecule has 2 amide bonds. The molecule has 1 aromatic heterocycles. The Balaban J connectivity index is 1.57. The number of carbonyl (C=O) groups excluding carboxylic acids is 2. The fraction of sp³-hybridized carbons (Fsp3) is 0.741. The second kappa shape index (κ2) is 11.1. The Morgan fingerprint density at radius 2 is 1.75 bits per heavy atom. The first-order chi connectivity index (χ1) is 17.0. The molecule has 1 N–H and O–H groups in total. The summed E-state index contributed by atoms with van der Waals surface area (Å²) in [6.45, 7) is 10.4. The average Bonchev–Trinajstić information content (AvgIpc) is 3.50. The van der Waals surface area contributed by atoms with Crippen molar-refractivity contribution in [3.63, 3.8) is 0 Å². The molecule has 1 saturated carbocycles. The smallest absolute Gasteiger partial charge is 0.410 e. The normalized spacial score (nSPS) is 25.6. The van der Waals surface area contributed by atoms with Gasteiger partial charge in [-0.1, -0.05) is 27.7 Å². The molecule has 2 aliphatic heterocycles. The number of hydrogen-bond donors (Lipinski definition) is 1. The van der Waals surface area contributed by atoms with E-state index in [1.54, 1.807) is 9.80 Å². The molecular formula is C27H40N2O6S. The zero-order valence-electron chi connectivity index (χ0n) is 22.0. The van der Waals surface area contributed by atoms with Crippen molar-refractivity contribution in [3.8, 4) is 0 Å². The molecule has 3 fully saturated rings. The Labute approximate surface area is 217 Å². The van der Waals surface area contributed by atoms with Crippen molar-refractivity contribution >= 4 is 35.0 Å². The third-order valence-corrected chi connectivity index (χ3v) is 9.29. The van der Waals surface area contributed by atoms with Gasteiger partial charge >= 0.3 is 12.1 Å². The number of carboxylic acid groups (broad SMARTS) is 1. The van der Waals surface area contributed by atoms with Crippen molar-refractivity contribution in [3.05, 3.63) is 15.8 Å². The molecule has 4 rings (SSSR count). The van der Waals surface area contributed by atoms with Crippen LogP contribution >= 0.6 is 11.3 Å². The molecule has 9 heteroatoms. The van der Waals surface area contributed by atoms with Crippen LogP contribution in [0.3, 0.4) is 0 Å². The van der Waals surface area contributed by atoms with Crippen LogP contribution in [-0.4, -0.2) is 66.4 Å². The lowest BCUT2D eigenvalue weighted by molar-refractivity contribution is -0.124. The second-order valence-corrected chi connectivity index (χ2v) is 12.7. The van der Waals surface area contributed by atoms with Gasteiger partial charge in [0.15, 0.2) is 0 Å². The number of likely N-dealkylation sites (tertiary alicyclic amines) is 1. The first-order valence-corrected chi connectivity index (χ1v) is 14.1. The van der Waals surface area contributed by atoms with E-state index in [4.69, 9.17) is 9.47 Å². The van der Waals surface area contributed by atoms with Gasteiger partial charge in [-0.15, -0.1) is 11.3 Å². The van der Waals surface area contributed by atoms with Crippen LogP contribution in [0.5, 0.6) is 0 Å². The van der Waals surface area contributed by atoms with Crippen molar-refractivity contribution in [2.75, 3.05) is 31.2 Å². The summed E-state index contributed by atoms with van der Waals surface area (Å²) in [6, 6.07) is 1.76. The summed E-state index contributed by atoms with van der Waals surface area (Å²) in [7, 11) is 0. The average molecular weight is 521 g/mol. The molecule has 200 valence electrons. The van der Waals surface area contributed by atoms with Crippen LogP contribution in [0, 0.1) is 11.8 Å². The van der Waals surface area contributed by atoms with E-state index in [-0.39, 0.29) is 40.4 Å². The van der Waals surface area contributed by atoms with Crippen LogP contribution in [-0.2, 0) is 19.7 Å². The van der Waals surface area contributed by atoms with Crippen molar-refractivity contribution in [1.29, 1.82) is 0 Å².